The summed E-state index contributed by atoms with van der Waals surface area (Å²) in [5.41, 5.74) is 0.358. The van der Waals surface area contributed by atoms with Crippen LogP contribution in [0.15, 0.2) is 0 Å². The number of nitrogens with one attached hydrogen (secondary N) is 1. The van der Waals surface area contributed by atoms with Crippen molar-refractivity contribution in [2.24, 2.45) is 0 Å². The molecule has 102 valence electrons. The van der Waals surface area contributed by atoms with Gasteiger partial charge in [-0.2, -0.15) is 5.10 Å². The van der Waals surface area contributed by atoms with Crippen LogP contribution >= 0.6 is 0 Å². The highest BCUT2D eigenvalue weighted by molar-refractivity contribution is 5.60. The van der Waals surface area contributed by atoms with E-state index in [2.05, 4.69) is 17.3 Å². The van der Waals surface area contributed by atoms with Gasteiger partial charge in [-0.15, -0.1) is 0 Å². The minimum atomic E-state index is -0.362. The van der Waals surface area contributed by atoms with Crippen molar-refractivity contribution >= 4 is 11.5 Å². The van der Waals surface area contributed by atoms with Crippen LogP contribution in [0.25, 0.3) is 0 Å². The fraction of sp³-hybridized carbons (Fsp3) is 0.750. The third kappa shape index (κ3) is 3.00. The summed E-state index contributed by atoms with van der Waals surface area (Å²) < 4.78 is 1.66. The van der Waals surface area contributed by atoms with Gasteiger partial charge in [-0.3, -0.25) is 10.1 Å². The van der Waals surface area contributed by atoms with E-state index in [-0.39, 0.29) is 16.1 Å². The van der Waals surface area contributed by atoms with Crippen LogP contribution in [-0.4, -0.2) is 20.2 Å². The Morgan fingerprint density at radius 1 is 1.44 bits per heavy atom. The maximum absolute atomic E-state index is 11.1. The molecule has 6 heteroatoms. The van der Waals surface area contributed by atoms with Gasteiger partial charge in [-0.25, -0.2) is 4.68 Å². The Kier molecular flexibility index (Phi) is 4.32. The number of hydrogen-bond donors (Lipinski definition) is 1. The molecule has 1 aromatic heterocycles. The van der Waals surface area contributed by atoms with Crippen LogP contribution in [0.5, 0.6) is 0 Å². The first-order valence-corrected chi connectivity index (χ1v) is 6.32. The zero-order valence-electron chi connectivity index (χ0n) is 11.8. The Morgan fingerprint density at radius 3 is 2.50 bits per heavy atom. The van der Waals surface area contributed by atoms with E-state index in [0.29, 0.717) is 18.1 Å². The van der Waals surface area contributed by atoms with E-state index in [1.165, 1.54) is 0 Å². The molecule has 1 rings (SSSR count). The number of nitro groups is 1. The molecule has 0 aliphatic carbocycles. The first-order chi connectivity index (χ1) is 8.32. The van der Waals surface area contributed by atoms with Gasteiger partial charge in [-0.05, 0) is 34.1 Å². The first-order valence-electron chi connectivity index (χ1n) is 6.32. The molecule has 0 saturated carbocycles. The van der Waals surface area contributed by atoms with Crippen LogP contribution in [0.1, 0.15) is 46.2 Å². The Bertz CT molecular complexity index is 438. The molecule has 0 saturated heterocycles. The second-order valence-corrected chi connectivity index (χ2v) is 5.11. The molecule has 0 aliphatic heterocycles. The summed E-state index contributed by atoms with van der Waals surface area (Å²) in [5, 5.41) is 18.6. The molecule has 0 atom stereocenters. The predicted octanol–water partition coefficient (Wildman–Crippen LogP) is 3.11. The largest absolute Gasteiger partial charge is 0.360 e. The highest BCUT2D eigenvalue weighted by Crippen LogP contribution is 2.31. The van der Waals surface area contributed by atoms with Gasteiger partial charge in [0.1, 0.15) is 5.69 Å². The zero-order valence-corrected chi connectivity index (χ0v) is 11.8. The van der Waals surface area contributed by atoms with E-state index < -0.39 is 0 Å². The summed E-state index contributed by atoms with van der Waals surface area (Å²) >= 11 is 0. The minimum Gasteiger partial charge on any atom is -0.360 e. The molecular formula is C12H22N4O2. The molecule has 0 amide bonds. The lowest BCUT2D eigenvalue weighted by atomic mass is 9.99. The van der Waals surface area contributed by atoms with Crippen LogP contribution in [-0.2, 0) is 6.54 Å². The number of rotatable bonds is 6. The standard InChI is InChI=1S/C12H22N4O2/c1-6-8-12(4,5)13-11-10(16(17)18)9(3)14-15(11)7-2/h13H,6-8H2,1-5H3. The summed E-state index contributed by atoms with van der Waals surface area (Å²) in [6, 6.07) is 0. The van der Waals surface area contributed by atoms with Gasteiger partial charge in [0.25, 0.3) is 0 Å². The Hall–Kier alpha value is -1.59. The summed E-state index contributed by atoms with van der Waals surface area (Å²) in [4.78, 5) is 10.8. The molecule has 1 N–H and O–H groups in total. The molecule has 0 bridgehead atoms. The molecule has 0 fully saturated rings. The second kappa shape index (κ2) is 5.37. The zero-order chi connectivity index (χ0) is 13.9. The van der Waals surface area contributed by atoms with Gasteiger partial charge in [0.05, 0.1) is 4.92 Å². The van der Waals surface area contributed by atoms with Crippen molar-refractivity contribution in [2.75, 3.05) is 5.32 Å². The molecule has 6 nitrogen and oxygen atoms in total. The Labute approximate surface area is 108 Å². The topological polar surface area (TPSA) is 73.0 Å². The molecule has 0 unspecified atom stereocenters. The van der Waals surface area contributed by atoms with Crippen LogP contribution < -0.4 is 5.32 Å². The molecule has 0 aromatic carbocycles. The molecule has 1 heterocycles. The summed E-state index contributed by atoms with van der Waals surface area (Å²) in [6.07, 6.45) is 1.96. The lowest BCUT2D eigenvalue weighted by molar-refractivity contribution is -0.384. The van der Waals surface area contributed by atoms with E-state index in [9.17, 15) is 10.1 Å². The van der Waals surface area contributed by atoms with Crippen molar-refractivity contribution in [3.05, 3.63) is 15.8 Å². The first kappa shape index (κ1) is 14.5. The number of anilines is 1. The van der Waals surface area contributed by atoms with E-state index in [1.807, 2.05) is 20.8 Å². The Morgan fingerprint density at radius 2 is 2.06 bits per heavy atom. The van der Waals surface area contributed by atoms with Gasteiger partial charge in [0.2, 0.25) is 5.82 Å². The Balaban J connectivity index is 3.17. The molecule has 18 heavy (non-hydrogen) atoms. The fourth-order valence-electron chi connectivity index (χ4n) is 2.15. The number of aromatic nitrogens is 2. The quantitative estimate of drug-likeness (QED) is 0.625. The van der Waals surface area contributed by atoms with E-state index >= 15 is 0 Å². The lowest BCUT2D eigenvalue weighted by Gasteiger charge is -2.26. The van der Waals surface area contributed by atoms with Crippen LogP contribution in [0.2, 0.25) is 0 Å². The van der Waals surface area contributed by atoms with Crippen LogP contribution in [0.4, 0.5) is 11.5 Å². The highest BCUT2D eigenvalue weighted by atomic mass is 16.6. The molecule has 0 aliphatic rings. The minimum absolute atomic E-state index is 0.0843. The summed E-state index contributed by atoms with van der Waals surface area (Å²) in [6.45, 7) is 10.4. The van der Waals surface area contributed by atoms with Crippen molar-refractivity contribution in [1.29, 1.82) is 0 Å². The lowest BCUT2D eigenvalue weighted by Crippen LogP contribution is -2.32. The average molecular weight is 254 g/mol. The maximum atomic E-state index is 11.1. The van der Waals surface area contributed by atoms with Crippen LogP contribution in [0.3, 0.4) is 0 Å². The monoisotopic (exact) mass is 254 g/mol. The second-order valence-electron chi connectivity index (χ2n) is 5.11. The van der Waals surface area contributed by atoms with E-state index in [1.54, 1.807) is 11.6 Å². The summed E-state index contributed by atoms with van der Waals surface area (Å²) in [7, 11) is 0. The maximum Gasteiger partial charge on any atom is 0.333 e. The number of nitrogens with zero attached hydrogens (tertiary/aromatic N) is 3. The third-order valence-corrected chi connectivity index (χ3v) is 2.91. The SMILES string of the molecule is CCCC(C)(C)Nc1c([N+](=O)[O-])c(C)nn1CC. The molecular weight excluding hydrogens is 232 g/mol. The number of aryl methyl sites for hydroxylation is 2. The van der Waals surface area contributed by atoms with Crippen molar-refractivity contribution < 1.29 is 4.92 Å². The van der Waals surface area contributed by atoms with Crippen molar-refractivity contribution in [2.45, 2.75) is 59.5 Å². The fourth-order valence-corrected chi connectivity index (χ4v) is 2.15. The molecule has 1 aromatic rings. The predicted molar refractivity (Wildman–Crippen MR) is 71.9 cm³/mol. The van der Waals surface area contributed by atoms with Crippen LogP contribution in [0, 0.1) is 17.0 Å². The smallest absolute Gasteiger partial charge is 0.333 e. The van der Waals surface area contributed by atoms with Gasteiger partial charge < -0.3 is 5.32 Å². The van der Waals surface area contributed by atoms with Crippen molar-refractivity contribution in [1.82, 2.24) is 9.78 Å². The molecule has 0 spiro atoms. The van der Waals surface area contributed by atoms with Crippen molar-refractivity contribution in [3.8, 4) is 0 Å². The summed E-state index contributed by atoms with van der Waals surface area (Å²) in [5.74, 6) is 0.512. The molecule has 0 radical (unpaired) electrons. The van der Waals surface area contributed by atoms with Gasteiger partial charge in [-0.1, -0.05) is 13.3 Å². The average Bonchev–Trinajstić information content (AvgIpc) is 2.53. The van der Waals surface area contributed by atoms with Gasteiger partial charge in [0.15, 0.2) is 0 Å². The third-order valence-electron chi connectivity index (χ3n) is 2.91. The van der Waals surface area contributed by atoms with Gasteiger partial charge in [0, 0.05) is 12.1 Å². The van der Waals surface area contributed by atoms with E-state index in [4.69, 9.17) is 0 Å². The number of hydrogen-bond acceptors (Lipinski definition) is 4. The highest BCUT2D eigenvalue weighted by Gasteiger charge is 2.28. The normalized spacial score (nSPS) is 11.6. The van der Waals surface area contributed by atoms with Crippen molar-refractivity contribution in [3.63, 3.8) is 0 Å². The van der Waals surface area contributed by atoms with Gasteiger partial charge >= 0.3 is 5.69 Å². The van der Waals surface area contributed by atoms with E-state index in [0.717, 1.165) is 12.8 Å².